The summed E-state index contributed by atoms with van der Waals surface area (Å²) in [4.78, 5) is 24.1. The van der Waals surface area contributed by atoms with Crippen molar-refractivity contribution in [1.82, 2.24) is 35.3 Å². The Kier molecular flexibility index (Phi) is 6.81. The second-order valence-electron chi connectivity index (χ2n) is 9.72. The molecule has 0 bridgehead atoms. The van der Waals surface area contributed by atoms with E-state index in [9.17, 15) is 14.3 Å². The van der Waals surface area contributed by atoms with Gasteiger partial charge in [-0.05, 0) is 50.1 Å². The fraction of sp³-hybridized carbons (Fsp3) is 0.346. The second kappa shape index (κ2) is 10.2. The van der Waals surface area contributed by atoms with Crippen LogP contribution in [0.3, 0.4) is 0 Å². The highest BCUT2D eigenvalue weighted by atomic mass is 19.1. The number of pyridine rings is 2. The second-order valence-corrected chi connectivity index (χ2v) is 9.72. The van der Waals surface area contributed by atoms with Crippen LogP contribution >= 0.6 is 0 Å². The van der Waals surface area contributed by atoms with E-state index in [0.29, 0.717) is 30.5 Å². The Balaban J connectivity index is 1.19. The van der Waals surface area contributed by atoms with Crippen LogP contribution in [0.25, 0.3) is 5.82 Å². The lowest BCUT2D eigenvalue weighted by atomic mass is 9.90. The molecule has 4 aromatic rings. The Morgan fingerprint density at radius 2 is 1.92 bits per heavy atom. The molecular formula is C26H30FN9O2. The number of hydrogen-bond acceptors (Lipinski definition) is 8. The van der Waals surface area contributed by atoms with Crippen LogP contribution in [0.2, 0.25) is 0 Å². The Labute approximate surface area is 219 Å². The van der Waals surface area contributed by atoms with E-state index in [4.69, 9.17) is 4.98 Å². The molecule has 1 aliphatic rings. The Hall–Kier alpha value is -4.32. The van der Waals surface area contributed by atoms with E-state index >= 15 is 0 Å². The van der Waals surface area contributed by atoms with Crippen molar-refractivity contribution >= 4 is 23.4 Å². The maximum absolute atomic E-state index is 13.2. The average molecular weight is 520 g/mol. The molecule has 38 heavy (non-hydrogen) atoms. The molecule has 1 atom stereocenters. The molecule has 0 saturated carbocycles. The van der Waals surface area contributed by atoms with E-state index in [2.05, 4.69) is 35.8 Å². The summed E-state index contributed by atoms with van der Waals surface area (Å²) in [7, 11) is 0. The molecule has 4 aromatic heterocycles. The summed E-state index contributed by atoms with van der Waals surface area (Å²) in [5.41, 5.74) is 1.26. The fourth-order valence-corrected chi connectivity index (χ4v) is 4.45. The summed E-state index contributed by atoms with van der Waals surface area (Å²) in [6.45, 7) is 6.71. The number of aryl methyl sites for hydroxylation is 2. The first-order valence-electron chi connectivity index (χ1n) is 12.4. The average Bonchev–Trinajstić information content (AvgIpc) is 3.51. The molecule has 1 fully saturated rings. The highest BCUT2D eigenvalue weighted by Crippen LogP contribution is 2.28. The molecule has 5 heterocycles. The zero-order valence-corrected chi connectivity index (χ0v) is 21.4. The molecule has 12 heteroatoms. The van der Waals surface area contributed by atoms with E-state index in [1.54, 1.807) is 18.3 Å². The molecule has 1 saturated heterocycles. The number of aliphatic hydroxyl groups is 1. The van der Waals surface area contributed by atoms with E-state index in [1.165, 1.54) is 10.9 Å². The van der Waals surface area contributed by atoms with Crippen LogP contribution in [0.4, 0.5) is 21.8 Å². The van der Waals surface area contributed by atoms with Gasteiger partial charge in [-0.25, -0.2) is 19.0 Å². The first kappa shape index (κ1) is 25.3. The molecule has 5 rings (SSSR count). The number of piperidine rings is 1. The van der Waals surface area contributed by atoms with Gasteiger partial charge >= 0.3 is 0 Å². The van der Waals surface area contributed by atoms with Crippen LogP contribution in [-0.4, -0.2) is 59.7 Å². The predicted octanol–water partition coefficient (Wildman–Crippen LogP) is 3.09. The number of rotatable bonds is 7. The third-order valence-corrected chi connectivity index (χ3v) is 6.66. The zero-order chi connectivity index (χ0) is 26.9. The summed E-state index contributed by atoms with van der Waals surface area (Å²) in [6.07, 6.45) is 4.48. The largest absolute Gasteiger partial charge is 0.380 e. The molecule has 1 aliphatic heterocycles. The topological polar surface area (TPSA) is 137 Å². The van der Waals surface area contributed by atoms with Crippen molar-refractivity contribution in [2.75, 3.05) is 23.3 Å². The minimum atomic E-state index is -1.48. The van der Waals surface area contributed by atoms with Gasteiger partial charge in [0.2, 0.25) is 0 Å². The maximum atomic E-state index is 13.2. The van der Waals surface area contributed by atoms with Crippen molar-refractivity contribution in [1.29, 1.82) is 0 Å². The number of hydrogen-bond donors (Lipinski definition) is 4. The van der Waals surface area contributed by atoms with Gasteiger partial charge in [-0.2, -0.15) is 10.2 Å². The van der Waals surface area contributed by atoms with Gasteiger partial charge in [0, 0.05) is 43.9 Å². The van der Waals surface area contributed by atoms with Crippen molar-refractivity contribution in [2.24, 2.45) is 0 Å². The number of carbonyl (C=O) groups is 1. The number of halogens is 1. The number of aromatic nitrogens is 6. The monoisotopic (exact) mass is 519 g/mol. The van der Waals surface area contributed by atoms with Gasteiger partial charge in [-0.3, -0.25) is 9.89 Å². The molecule has 0 aromatic carbocycles. The minimum Gasteiger partial charge on any atom is -0.380 e. The fourth-order valence-electron chi connectivity index (χ4n) is 4.45. The summed E-state index contributed by atoms with van der Waals surface area (Å²) < 4.78 is 14.6. The number of aromatic amines is 1. The van der Waals surface area contributed by atoms with Gasteiger partial charge in [-0.1, -0.05) is 6.07 Å². The Morgan fingerprint density at radius 3 is 2.55 bits per heavy atom. The highest BCUT2D eigenvalue weighted by molar-refractivity contribution is 5.85. The van der Waals surface area contributed by atoms with Crippen LogP contribution in [0.5, 0.6) is 0 Å². The van der Waals surface area contributed by atoms with Crippen LogP contribution in [0.15, 0.2) is 48.9 Å². The number of nitrogens with one attached hydrogen (secondary N) is 3. The van der Waals surface area contributed by atoms with Crippen molar-refractivity contribution in [2.45, 2.75) is 45.3 Å². The van der Waals surface area contributed by atoms with Crippen molar-refractivity contribution in [3.63, 3.8) is 0 Å². The van der Waals surface area contributed by atoms with Crippen LogP contribution in [0, 0.1) is 19.7 Å². The molecule has 4 N–H and O–H groups in total. The smallest absolute Gasteiger partial charge is 0.252 e. The molecule has 0 spiro atoms. The van der Waals surface area contributed by atoms with Gasteiger partial charge in [0.1, 0.15) is 17.2 Å². The first-order chi connectivity index (χ1) is 18.2. The van der Waals surface area contributed by atoms with Gasteiger partial charge < -0.3 is 20.6 Å². The SMILES string of the molecule is Cc1cc(Nc2cc(C)[nH]n2)nc(N2CCC(O)(C(=O)N[C@@H](C)c3ccc(-n4cc(F)cn4)nc3)CC2)c1. The lowest BCUT2D eigenvalue weighted by Crippen LogP contribution is -2.54. The number of carbonyl (C=O) groups excluding carboxylic acids is 1. The molecule has 0 unspecified atom stereocenters. The quantitative estimate of drug-likeness (QED) is 0.292. The maximum Gasteiger partial charge on any atom is 0.252 e. The van der Waals surface area contributed by atoms with E-state index in [1.807, 2.05) is 39.0 Å². The molecule has 198 valence electrons. The third-order valence-electron chi connectivity index (χ3n) is 6.66. The van der Waals surface area contributed by atoms with Gasteiger partial charge in [0.25, 0.3) is 5.91 Å². The molecular weight excluding hydrogens is 489 g/mol. The number of H-pyrrole nitrogens is 1. The Morgan fingerprint density at radius 1 is 1.13 bits per heavy atom. The molecule has 0 radical (unpaired) electrons. The lowest BCUT2D eigenvalue weighted by Gasteiger charge is -2.38. The third kappa shape index (κ3) is 5.49. The van der Waals surface area contributed by atoms with Crippen molar-refractivity contribution in [3.05, 3.63) is 71.6 Å². The van der Waals surface area contributed by atoms with Crippen LogP contribution in [0.1, 0.15) is 42.6 Å². The molecule has 11 nitrogen and oxygen atoms in total. The van der Waals surface area contributed by atoms with E-state index in [-0.39, 0.29) is 18.9 Å². The Bertz CT molecular complexity index is 1420. The van der Waals surface area contributed by atoms with Gasteiger partial charge in [0.15, 0.2) is 17.5 Å². The summed E-state index contributed by atoms with van der Waals surface area (Å²) in [5.74, 6) is 1.73. The molecule has 1 amide bonds. The normalized spacial score (nSPS) is 15.8. The summed E-state index contributed by atoms with van der Waals surface area (Å²) in [5, 5.41) is 28.3. The van der Waals surface area contributed by atoms with E-state index < -0.39 is 17.3 Å². The number of amides is 1. The molecule has 0 aliphatic carbocycles. The summed E-state index contributed by atoms with van der Waals surface area (Å²) in [6, 6.07) is 8.94. The minimum absolute atomic E-state index is 0.268. The van der Waals surface area contributed by atoms with Gasteiger partial charge in [0.05, 0.1) is 18.4 Å². The van der Waals surface area contributed by atoms with Gasteiger partial charge in [-0.15, -0.1) is 0 Å². The lowest BCUT2D eigenvalue weighted by molar-refractivity contribution is -0.142. The first-order valence-corrected chi connectivity index (χ1v) is 12.4. The van der Waals surface area contributed by atoms with Crippen LogP contribution in [-0.2, 0) is 4.79 Å². The number of nitrogens with zero attached hydrogens (tertiary/aromatic N) is 6. The van der Waals surface area contributed by atoms with Crippen molar-refractivity contribution in [3.8, 4) is 5.82 Å². The van der Waals surface area contributed by atoms with Crippen molar-refractivity contribution < 1.29 is 14.3 Å². The van der Waals surface area contributed by atoms with Crippen LogP contribution < -0.4 is 15.5 Å². The van der Waals surface area contributed by atoms with E-state index in [0.717, 1.165) is 28.8 Å². The standard InChI is InChI=1S/C26H30FN9O2/c1-16-10-21(31-22-12-17(2)33-34-22)32-24(11-16)35-8-6-26(38,7-9-35)25(37)30-18(3)19-4-5-23(28-13-19)36-15-20(27)14-29-36/h4-5,10-15,18,38H,6-9H2,1-3H3,(H,30,37)(H2,31,32,33,34)/t18-/m0/s1. The highest BCUT2D eigenvalue weighted by Gasteiger charge is 2.40. The number of anilines is 3. The summed E-state index contributed by atoms with van der Waals surface area (Å²) >= 11 is 0. The zero-order valence-electron chi connectivity index (χ0n) is 21.4. The predicted molar refractivity (Wildman–Crippen MR) is 140 cm³/mol.